The molecule has 0 spiro atoms. The highest BCUT2D eigenvalue weighted by Crippen LogP contribution is 2.33. The molecule has 88 valence electrons. The van der Waals surface area contributed by atoms with Crippen molar-refractivity contribution in [3.8, 4) is 11.5 Å². The van der Waals surface area contributed by atoms with E-state index in [1.165, 1.54) is 5.56 Å². The van der Waals surface area contributed by atoms with Gasteiger partial charge in [-0.25, -0.2) is 0 Å². The first-order valence-corrected chi connectivity index (χ1v) is 5.58. The summed E-state index contributed by atoms with van der Waals surface area (Å²) in [5.74, 6) is 1.85. The van der Waals surface area contributed by atoms with E-state index in [1.807, 2.05) is 12.1 Å². The molecule has 16 heavy (non-hydrogen) atoms. The summed E-state index contributed by atoms with van der Waals surface area (Å²) in [6.45, 7) is 4.45. The molecule has 0 aromatic heterocycles. The topological polar surface area (TPSA) is 30.5 Å². The maximum atomic E-state index is 5.38. The Morgan fingerprint density at radius 2 is 2.00 bits per heavy atom. The Bertz CT molecular complexity index is 372. The third-order valence-electron chi connectivity index (χ3n) is 3.21. The lowest BCUT2D eigenvalue weighted by molar-refractivity contribution is 0.193. The first-order valence-electron chi connectivity index (χ1n) is 5.58. The van der Waals surface area contributed by atoms with Crippen LogP contribution in [0.4, 0.5) is 0 Å². The predicted molar refractivity (Wildman–Crippen MR) is 64.2 cm³/mol. The van der Waals surface area contributed by atoms with Gasteiger partial charge in [-0.1, -0.05) is 6.92 Å². The van der Waals surface area contributed by atoms with E-state index >= 15 is 0 Å². The Morgan fingerprint density at radius 3 is 2.50 bits per heavy atom. The number of ether oxygens (including phenoxy) is 2. The first kappa shape index (κ1) is 11.3. The van der Waals surface area contributed by atoms with Crippen molar-refractivity contribution in [3.05, 3.63) is 23.8 Å². The van der Waals surface area contributed by atoms with Gasteiger partial charge >= 0.3 is 0 Å². The van der Waals surface area contributed by atoms with Crippen LogP contribution in [0.1, 0.15) is 12.5 Å². The molecule has 3 heteroatoms. The van der Waals surface area contributed by atoms with Crippen LogP contribution in [0, 0.1) is 5.41 Å². The number of hydrogen-bond acceptors (Lipinski definition) is 3. The molecule has 0 saturated carbocycles. The maximum absolute atomic E-state index is 5.38. The molecule has 1 aliphatic heterocycles. The molecule has 0 radical (unpaired) electrons. The average molecular weight is 221 g/mol. The van der Waals surface area contributed by atoms with Crippen molar-refractivity contribution < 1.29 is 9.47 Å². The van der Waals surface area contributed by atoms with Crippen LogP contribution in [0.25, 0.3) is 0 Å². The summed E-state index contributed by atoms with van der Waals surface area (Å²) in [7, 11) is 3.41. The van der Waals surface area contributed by atoms with Gasteiger partial charge in [0.2, 0.25) is 0 Å². The number of benzene rings is 1. The molecule has 0 unspecified atom stereocenters. The highest BCUT2D eigenvalue weighted by molar-refractivity contribution is 5.41. The Labute approximate surface area is 96.8 Å². The lowest BCUT2D eigenvalue weighted by Crippen LogP contribution is -2.52. The number of nitrogens with one attached hydrogen (secondary N) is 1. The third kappa shape index (κ3) is 2.14. The van der Waals surface area contributed by atoms with Gasteiger partial charge in [0.1, 0.15) is 11.5 Å². The summed E-state index contributed by atoms with van der Waals surface area (Å²) in [5, 5.41) is 3.32. The Hall–Kier alpha value is -1.22. The van der Waals surface area contributed by atoms with Crippen molar-refractivity contribution in [1.29, 1.82) is 0 Å². The second-order valence-electron chi connectivity index (χ2n) is 4.77. The first-order chi connectivity index (χ1) is 7.67. The minimum atomic E-state index is 0.361. The Kier molecular flexibility index (Phi) is 3.06. The summed E-state index contributed by atoms with van der Waals surface area (Å²) >= 11 is 0. The van der Waals surface area contributed by atoms with Gasteiger partial charge in [0.15, 0.2) is 0 Å². The summed E-state index contributed by atoms with van der Waals surface area (Å²) < 4.78 is 10.6. The van der Waals surface area contributed by atoms with Crippen molar-refractivity contribution in [3.63, 3.8) is 0 Å². The average Bonchev–Trinajstić information content (AvgIpc) is 2.27. The lowest BCUT2D eigenvalue weighted by Gasteiger charge is -2.39. The van der Waals surface area contributed by atoms with E-state index in [0.717, 1.165) is 31.0 Å². The van der Waals surface area contributed by atoms with E-state index in [2.05, 4.69) is 18.3 Å². The summed E-state index contributed by atoms with van der Waals surface area (Å²) in [5.41, 5.74) is 1.59. The highest BCUT2D eigenvalue weighted by Gasteiger charge is 2.32. The zero-order valence-electron chi connectivity index (χ0n) is 10.2. The molecule has 0 amide bonds. The van der Waals surface area contributed by atoms with E-state index in [1.54, 1.807) is 14.2 Å². The van der Waals surface area contributed by atoms with Crippen LogP contribution in [0.2, 0.25) is 0 Å². The predicted octanol–water partition coefficient (Wildman–Crippen LogP) is 1.86. The van der Waals surface area contributed by atoms with E-state index in [-0.39, 0.29) is 0 Å². The molecule has 2 rings (SSSR count). The molecule has 1 saturated heterocycles. The maximum Gasteiger partial charge on any atom is 0.122 e. The van der Waals surface area contributed by atoms with Crippen LogP contribution >= 0.6 is 0 Å². The van der Waals surface area contributed by atoms with Crippen LogP contribution in [0.15, 0.2) is 18.2 Å². The molecule has 1 N–H and O–H groups in total. The number of rotatable bonds is 4. The minimum Gasteiger partial charge on any atom is -0.497 e. The SMILES string of the molecule is COc1ccc(OC)c(CC2(C)CNC2)c1. The number of methoxy groups -OCH3 is 2. The normalized spacial score (nSPS) is 17.7. The third-order valence-corrected chi connectivity index (χ3v) is 3.21. The molecular weight excluding hydrogens is 202 g/mol. The summed E-state index contributed by atoms with van der Waals surface area (Å²) in [4.78, 5) is 0. The van der Waals surface area contributed by atoms with Gasteiger partial charge in [-0.3, -0.25) is 0 Å². The number of hydrogen-bond donors (Lipinski definition) is 1. The fraction of sp³-hybridized carbons (Fsp3) is 0.538. The fourth-order valence-electron chi connectivity index (χ4n) is 2.16. The van der Waals surface area contributed by atoms with E-state index in [4.69, 9.17) is 9.47 Å². The summed E-state index contributed by atoms with van der Waals surface area (Å²) in [6, 6.07) is 5.98. The van der Waals surface area contributed by atoms with E-state index in [0.29, 0.717) is 5.41 Å². The van der Waals surface area contributed by atoms with Crippen molar-refractivity contribution >= 4 is 0 Å². The quantitative estimate of drug-likeness (QED) is 0.841. The fourth-order valence-corrected chi connectivity index (χ4v) is 2.16. The minimum absolute atomic E-state index is 0.361. The molecule has 1 aromatic carbocycles. The molecule has 1 fully saturated rings. The molecule has 1 aromatic rings. The van der Waals surface area contributed by atoms with Gasteiger partial charge in [0.05, 0.1) is 14.2 Å². The molecule has 1 aliphatic rings. The molecule has 0 aliphatic carbocycles. The van der Waals surface area contributed by atoms with Gasteiger partial charge in [0, 0.05) is 13.1 Å². The van der Waals surface area contributed by atoms with Crippen molar-refractivity contribution in [2.24, 2.45) is 5.41 Å². The standard InChI is InChI=1S/C13H19NO2/c1-13(8-14-9-13)7-10-6-11(15-2)4-5-12(10)16-3/h4-6,14H,7-9H2,1-3H3. The van der Waals surface area contributed by atoms with Crippen LogP contribution in [-0.4, -0.2) is 27.3 Å². The Morgan fingerprint density at radius 1 is 1.25 bits per heavy atom. The lowest BCUT2D eigenvalue weighted by atomic mass is 9.78. The smallest absolute Gasteiger partial charge is 0.122 e. The zero-order valence-corrected chi connectivity index (χ0v) is 10.2. The van der Waals surface area contributed by atoms with E-state index < -0.39 is 0 Å². The van der Waals surface area contributed by atoms with Crippen LogP contribution in [0.5, 0.6) is 11.5 Å². The van der Waals surface area contributed by atoms with Gasteiger partial charge < -0.3 is 14.8 Å². The highest BCUT2D eigenvalue weighted by atomic mass is 16.5. The van der Waals surface area contributed by atoms with Crippen LogP contribution < -0.4 is 14.8 Å². The van der Waals surface area contributed by atoms with Gasteiger partial charge in [-0.15, -0.1) is 0 Å². The van der Waals surface area contributed by atoms with Gasteiger partial charge in [-0.05, 0) is 35.6 Å². The van der Waals surface area contributed by atoms with Crippen molar-refractivity contribution in [2.45, 2.75) is 13.3 Å². The largest absolute Gasteiger partial charge is 0.497 e. The molecule has 0 atom stereocenters. The monoisotopic (exact) mass is 221 g/mol. The molecular formula is C13H19NO2. The molecule has 1 heterocycles. The van der Waals surface area contributed by atoms with Crippen LogP contribution in [0.3, 0.4) is 0 Å². The summed E-state index contributed by atoms with van der Waals surface area (Å²) in [6.07, 6.45) is 1.03. The van der Waals surface area contributed by atoms with Crippen molar-refractivity contribution in [1.82, 2.24) is 5.32 Å². The zero-order chi connectivity index (χ0) is 11.6. The second kappa shape index (κ2) is 4.34. The van der Waals surface area contributed by atoms with Gasteiger partial charge in [0.25, 0.3) is 0 Å². The van der Waals surface area contributed by atoms with Gasteiger partial charge in [-0.2, -0.15) is 0 Å². The molecule has 0 bridgehead atoms. The second-order valence-corrected chi connectivity index (χ2v) is 4.77. The molecule has 3 nitrogen and oxygen atoms in total. The Balaban J connectivity index is 2.22. The van der Waals surface area contributed by atoms with E-state index in [9.17, 15) is 0 Å². The van der Waals surface area contributed by atoms with Crippen molar-refractivity contribution in [2.75, 3.05) is 27.3 Å². The van der Waals surface area contributed by atoms with Crippen LogP contribution in [-0.2, 0) is 6.42 Å².